The van der Waals surface area contributed by atoms with Crippen LogP contribution < -0.4 is 5.56 Å². The van der Waals surface area contributed by atoms with Crippen LogP contribution in [-0.2, 0) is 17.2 Å². The molecule has 3 rings (SSSR count). The molecule has 4 nitrogen and oxygen atoms in total. The summed E-state index contributed by atoms with van der Waals surface area (Å²) in [6.07, 6.45) is 2.01. The first-order chi connectivity index (χ1) is 9.79. The lowest BCUT2D eigenvalue weighted by Gasteiger charge is -2.13. The van der Waals surface area contributed by atoms with Crippen molar-refractivity contribution in [3.05, 3.63) is 40.4 Å². The van der Waals surface area contributed by atoms with Gasteiger partial charge in [0, 0.05) is 19.8 Å². The highest BCUT2D eigenvalue weighted by molar-refractivity contribution is 6.16. The number of alkyl halides is 1. The van der Waals surface area contributed by atoms with Crippen molar-refractivity contribution in [2.45, 2.75) is 25.3 Å². The van der Waals surface area contributed by atoms with E-state index in [1.54, 1.807) is 4.57 Å². The molecule has 0 bridgehead atoms. The molecule has 1 atom stereocenters. The van der Waals surface area contributed by atoms with Crippen LogP contribution in [0.4, 0.5) is 0 Å². The number of nitrogens with zero attached hydrogens (tertiary/aromatic N) is 2. The van der Waals surface area contributed by atoms with Gasteiger partial charge in [-0.25, -0.2) is 4.98 Å². The minimum Gasteiger partial charge on any atom is -0.381 e. The van der Waals surface area contributed by atoms with Crippen molar-refractivity contribution in [3.8, 4) is 0 Å². The Labute approximate surface area is 122 Å². The van der Waals surface area contributed by atoms with Crippen LogP contribution in [-0.4, -0.2) is 22.8 Å². The number of halogens is 1. The number of ether oxygens (including phenoxy) is 1. The summed E-state index contributed by atoms with van der Waals surface area (Å²) in [4.78, 5) is 17.0. The Hall–Kier alpha value is -1.39. The van der Waals surface area contributed by atoms with Gasteiger partial charge in [-0.1, -0.05) is 12.1 Å². The molecule has 1 saturated heterocycles. The number of hydrogen-bond donors (Lipinski definition) is 0. The zero-order chi connectivity index (χ0) is 13.9. The Morgan fingerprint density at radius 3 is 3.00 bits per heavy atom. The van der Waals surface area contributed by atoms with Crippen LogP contribution in [0.1, 0.15) is 18.7 Å². The molecule has 1 unspecified atom stereocenters. The van der Waals surface area contributed by atoms with Crippen molar-refractivity contribution in [2.24, 2.45) is 5.92 Å². The molecule has 2 aromatic rings. The largest absolute Gasteiger partial charge is 0.381 e. The molecular formula is C15H17ClN2O2. The summed E-state index contributed by atoms with van der Waals surface area (Å²) < 4.78 is 7.09. The molecular weight excluding hydrogens is 276 g/mol. The van der Waals surface area contributed by atoms with E-state index < -0.39 is 0 Å². The predicted octanol–water partition coefficient (Wildman–Crippen LogP) is 2.56. The average molecular weight is 293 g/mol. The SMILES string of the molecule is O=c1c2ccccc2nc(CCl)n1CCC1CCOC1. The fourth-order valence-electron chi connectivity index (χ4n) is 2.67. The van der Waals surface area contributed by atoms with Crippen LogP contribution in [0.3, 0.4) is 0 Å². The molecule has 1 aromatic carbocycles. The van der Waals surface area contributed by atoms with Crippen molar-refractivity contribution in [2.75, 3.05) is 13.2 Å². The van der Waals surface area contributed by atoms with Crippen LogP contribution in [0.25, 0.3) is 10.9 Å². The van der Waals surface area contributed by atoms with Gasteiger partial charge in [0.1, 0.15) is 5.82 Å². The highest BCUT2D eigenvalue weighted by Crippen LogP contribution is 2.18. The maximum Gasteiger partial charge on any atom is 0.261 e. The number of rotatable bonds is 4. The Morgan fingerprint density at radius 2 is 2.25 bits per heavy atom. The second kappa shape index (κ2) is 5.94. The third-order valence-electron chi connectivity index (χ3n) is 3.85. The van der Waals surface area contributed by atoms with Crippen molar-refractivity contribution < 1.29 is 4.74 Å². The van der Waals surface area contributed by atoms with Gasteiger partial charge in [0.15, 0.2) is 0 Å². The standard InChI is InChI=1S/C15H17ClN2O2/c16-9-14-17-13-4-2-1-3-12(13)15(19)18(14)7-5-11-6-8-20-10-11/h1-4,11H,5-10H2. The summed E-state index contributed by atoms with van der Waals surface area (Å²) >= 11 is 5.95. The van der Waals surface area contributed by atoms with Crippen LogP contribution in [0.2, 0.25) is 0 Å². The first-order valence-corrected chi connectivity index (χ1v) is 7.45. The van der Waals surface area contributed by atoms with Crippen molar-refractivity contribution in [1.29, 1.82) is 0 Å². The van der Waals surface area contributed by atoms with Crippen LogP contribution in [0, 0.1) is 5.92 Å². The predicted molar refractivity (Wildman–Crippen MR) is 79.1 cm³/mol. The number of benzene rings is 1. The lowest BCUT2D eigenvalue weighted by atomic mass is 10.1. The molecule has 0 spiro atoms. The average Bonchev–Trinajstić information content (AvgIpc) is 2.99. The summed E-state index contributed by atoms with van der Waals surface area (Å²) in [5.41, 5.74) is 0.721. The van der Waals surface area contributed by atoms with E-state index in [1.807, 2.05) is 24.3 Å². The number of fused-ring (bicyclic) bond motifs is 1. The van der Waals surface area contributed by atoms with Crippen LogP contribution in [0.5, 0.6) is 0 Å². The molecule has 0 radical (unpaired) electrons. The van der Waals surface area contributed by atoms with E-state index in [0.717, 1.165) is 26.1 Å². The first kappa shape index (κ1) is 13.6. The number of aromatic nitrogens is 2. The third-order valence-corrected chi connectivity index (χ3v) is 4.08. The summed E-state index contributed by atoms with van der Waals surface area (Å²) in [7, 11) is 0. The highest BCUT2D eigenvalue weighted by Gasteiger charge is 2.17. The van der Waals surface area contributed by atoms with Crippen LogP contribution >= 0.6 is 11.6 Å². The smallest absolute Gasteiger partial charge is 0.261 e. The molecule has 1 aromatic heterocycles. The lowest BCUT2D eigenvalue weighted by molar-refractivity contribution is 0.183. The molecule has 1 fully saturated rings. The van der Waals surface area contributed by atoms with Gasteiger partial charge < -0.3 is 4.74 Å². The van der Waals surface area contributed by atoms with Gasteiger partial charge in [-0.2, -0.15) is 0 Å². The van der Waals surface area contributed by atoms with Crippen molar-refractivity contribution in [1.82, 2.24) is 9.55 Å². The van der Waals surface area contributed by atoms with Crippen LogP contribution in [0.15, 0.2) is 29.1 Å². The maximum atomic E-state index is 12.5. The lowest BCUT2D eigenvalue weighted by Crippen LogP contribution is -2.26. The number of hydrogen-bond acceptors (Lipinski definition) is 3. The molecule has 1 aliphatic heterocycles. The molecule has 0 saturated carbocycles. The van der Waals surface area contributed by atoms with E-state index in [4.69, 9.17) is 16.3 Å². The second-order valence-electron chi connectivity index (χ2n) is 5.15. The van der Waals surface area contributed by atoms with Gasteiger partial charge in [-0.15, -0.1) is 11.6 Å². The Morgan fingerprint density at radius 1 is 1.40 bits per heavy atom. The van der Waals surface area contributed by atoms with E-state index in [2.05, 4.69) is 4.98 Å². The zero-order valence-corrected chi connectivity index (χ0v) is 12.0. The van der Waals surface area contributed by atoms with E-state index in [0.29, 0.717) is 29.2 Å². The minimum absolute atomic E-state index is 0.00478. The van der Waals surface area contributed by atoms with Gasteiger partial charge in [0.25, 0.3) is 5.56 Å². The first-order valence-electron chi connectivity index (χ1n) is 6.92. The molecule has 0 aliphatic carbocycles. The summed E-state index contributed by atoms with van der Waals surface area (Å²) in [5, 5.41) is 0.657. The molecule has 5 heteroatoms. The fourth-order valence-corrected chi connectivity index (χ4v) is 2.87. The van der Waals surface area contributed by atoms with Gasteiger partial charge in [0.05, 0.1) is 16.8 Å². The molecule has 0 N–H and O–H groups in total. The molecule has 2 heterocycles. The number of para-hydroxylation sites is 1. The Bertz CT molecular complexity index is 662. The van der Waals surface area contributed by atoms with E-state index in [9.17, 15) is 4.79 Å². The molecule has 106 valence electrons. The summed E-state index contributed by atoms with van der Waals surface area (Å²) in [6.45, 7) is 2.29. The second-order valence-corrected chi connectivity index (χ2v) is 5.42. The van der Waals surface area contributed by atoms with Crippen molar-refractivity contribution in [3.63, 3.8) is 0 Å². The fraction of sp³-hybridized carbons (Fsp3) is 0.467. The zero-order valence-electron chi connectivity index (χ0n) is 11.2. The molecule has 1 aliphatic rings. The maximum absolute atomic E-state index is 12.5. The van der Waals surface area contributed by atoms with Gasteiger partial charge in [-0.3, -0.25) is 9.36 Å². The third kappa shape index (κ3) is 2.58. The van der Waals surface area contributed by atoms with Gasteiger partial charge in [0.2, 0.25) is 0 Å². The van der Waals surface area contributed by atoms with E-state index >= 15 is 0 Å². The highest BCUT2D eigenvalue weighted by atomic mass is 35.5. The van der Waals surface area contributed by atoms with Gasteiger partial charge in [-0.05, 0) is 30.9 Å². The topological polar surface area (TPSA) is 44.1 Å². The van der Waals surface area contributed by atoms with Gasteiger partial charge >= 0.3 is 0 Å². The van der Waals surface area contributed by atoms with Crippen molar-refractivity contribution >= 4 is 22.5 Å². The molecule has 0 amide bonds. The normalized spacial score (nSPS) is 18.8. The quantitative estimate of drug-likeness (QED) is 0.814. The Balaban J connectivity index is 1.95. The minimum atomic E-state index is 0.00478. The van der Waals surface area contributed by atoms with E-state index in [-0.39, 0.29) is 11.4 Å². The Kier molecular flexibility index (Phi) is 4.03. The van der Waals surface area contributed by atoms with E-state index in [1.165, 1.54) is 0 Å². The molecule has 20 heavy (non-hydrogen) atoms. The summed E-state index contributed by atoms with van der Waals surface area (Å²) in [5.74, 6) is 1.44. The monoisotopic (exact) mass is 292 g/mol. The summed E-state index contributed by atoms with van der Waals surface area (Å²) in [6, 6.07) is 7.41.